The number of furan rings is 1. The van der Waals surface area contributed by atoms with Gasteiger partial charge < -0.3 is 19.9 Å². The molecule has 0 aliphatic heterocycles. The van der Waals surface area contributed by atoms with E-state index in [1.54, 1.807) is 18.4 Å². The fourth-order valence-corrected chi connectivity index (χ4v) is 1.98. The number of hydrogen-bond acceptors (Lipinski definition) is 4. The molecule has 4 nitrogen and oxygen atoms in total. The molecule has 0 aliphatic carbocycles. The van der Waals surface area contributed by atoms with Crippen LogP contribution in [0.3, 0.4) is 0 Å². The summed E-state index contributed by atoms with van der Waals surface area (Å²) in [7, 11) is 0. The van der Waals surface area contributed by atoms with Gasteiger partial charge in [0.25, 0.3) is 0 Å². The Morgan fingerprint density at radius 1 is 1.26 bits per heavy atom. The van der Waals surface area contributed by atoms with Crippen LogP contribution in [0.2, 0.25) is 0 Å². The Kier molecular flexibility index (Phi) is 4.24. The molecular formula is C15H19NO3. The van der Waals surface area contributed by atoms with E-state index in [1.165, 1.54) is 0 Å². The summed E-state index contributed by atoms with van der Waals surface area (Å²) >= 11 is 0. The van der Waals surface area contributed by atoms with Crippen molar-refractivity contribution >= 4 is 0 Å². The van der Waals surface area contributed by atoms with Crippen LogP contribution in [0.5, 0.6) is 5.75 Å². The summed E-state index contributed by atoms with van der Waals surface area (Å²) in [6, 6.07) is 7.04. The normalized spacial score (nSPS) is 12.6. The molecule has 1 heterocycles. The van der Waals surface area contributed by atoms with Crippen LogP contribution in [0.25, 0.3) is 0 Å². The highest BCUT2D eigenvalue weighted by molar-refractivity contribution is 5.40. The van der Waals surface area contributed by atoms with Gasteiger partial charge in [-0.1, -0.05) is 6.07 Å². The van der Waals surface area contributed by atoms with Gasteiger partial charge >= 0.3 is 0 Å². The lowest BCUT2D eigenvalue weighted by Crippen LogP contribution is -2.23. The number of phenols is 1. The average Bonchev–Trinajstić information content (AvgIpc) is 2.90. The molecule has 0 spiro atoms. The number of aliphatic hydroxyl groups is 1. The lowest BCUT2D eigenvalue weighted by atomic mass is 10.0. The number of aromatic hydroxyl groups is 1. The standard InChI is InChI=1S/C15H19NO3/c1-10-6-12(14(18)7-11(10)2)8-16-13(9-17)15-4-3-5-19-15/h3-7,13,16-18H,8-9H2,1-2H3. The number of phenolic OH excluding ortho intramolecular Hbond substituents is 1. The van der Waals surface area contributed by atoms with Gasteiger partial charge in [-0.25, -0.2) is 0 Å². The van der Waals surface area contributed by atoms with Crippen LogP contribution in [-0.4, -0.2) is 16.8 Å². The molecule has 0 bridgehead atoms. The second-order valence-electron chi connectivity index (χ2n) is 4.70. The first-order chi connectivity index (χ1) is 9.11. The maximum absolute atomic E-state index is 9.91. The van der Waals surface area contributed by atoms with Gasteiger partial charge in [-0.2, -0.15) is 0 Å². The Balaban J connectivity index is 2.08. The van der Waals surface area contributed by atoms with E-state index in [2.05, 4.69) is 5.32 Å². The van der Waals surface area contributed by atoms with E-state index >= 15 is 0 Å². The van der Waals surface area contributed by atoms with Crippen molar-refractivity contribution in [2.75, 3.05) is 6.61 Å². The second-order valence-corrected chi connectivity index (χ2v) is 4.70. The molecule has 102 valence electrons. The SMILES string of the molecule is Cc1cc(O)c(CNC(CO)c2ccco2)cc1C. The molecule has 1 aromatic heterocycles. The first-order valence-corrected chi connectivity index (χ1v) is 6.28. The maximum Gasteiger partial charge on any atom is 0.123 e. The van der Waals surface area contributed by atoms with Gasteiger partial charge in [0.15, 0.2) is 0 Å². The molecule has 0 radical (unpaired) electrons. The Morgan fingerprint density at radius 3 is 2.63 bits per heavy atom. The van der Waals surface area contributed by atoms with Crippen LogP contribution < -0.4 is 5.32 Å². The molecule has 4 heteroatoms. The van der Waals surface area contributed by atoms with Crippen molar-refractivity contribution in [3.8, 4) is 5.75 Å². The minimum atomic E-state index is -0.268. The molecule has 1 unspecified atom stereocenters. The van der Waals surface area contributed by atoms with Gasteiger partial charge in [-0.05, 0) is 43.2 Å². The molecule has 1 aromatic carbocycles. The largest absolute Gasteiger partial charge is 0.508 e. The molecule has 2 aromatic rings. The predicted molar refractivity (Wildman–Crippen MR) is 73.0 cm³/mol. The van der Waals surface area contributed by atoms with E-state index in [0.29, 0.717) is 12.3 Å². The molecule has 2 rings (SSSR count). The van der Waals surface area contributed by atoms with Crippen molar-refractivity contribution in [2.24, 2.45) is 0 Å². The van der Waals surface area contributed by atoms with Crippen LogP contribution in [0.4, 0.5) is 0 Å². The first-order valence-electron chi connectivity index (χ1n) is 6.28. The quantitative estimate of drug-likeness (QED) is 0.773. The van der Waals surface area contributed by atoms with Gasteiger partial charge in [0.05, 0.1) is 18.9 Å². The van der Waals surface area contributed by atoms with Crippen molar-refractivity contribution in [2.45, 2.75) is 26.4 Å². The van der Waals surface area contributed by atoms with E-state index in [9.17, 15) is 10.2 Å². The van der Waals surface area contributed by atoms with Crippen molar-refractivity contribution in [1.82, 2.24) is 5.32 Å². The van der Waals surface area contributed by atoms with Crippen LogP contribution in [0.15, 0.2) is 34.9 Å². The Morgan fingerprint density at radius 2 is 2.00 bits per heavy atom. The Hall–Kier alpha value is -1.78. The van der Waals surface area contributed by atoms with Gasteiger partial charge in [0.1, 0.15) is 11.5 Å². The number of hydrogen-bond donors (Lipinski definition) is 3. The molecular weight excluding hydrogens is 242 g/mol. The van der Waals surface area contributed by atoms with E-state index in [0.717, 1.165) is 16.7 Å². The smallest absolute Gasteiger partial charge is 0.123 e. The average molecular weight is 261 g/mol. The molecule has 1 atom stereocenters. The lowest BCUT2D eigenvalue weighted by Gasteiger charge is -2.15. The number of benzene rings is 1. The first kappa shape index (κ1) is 13.6. The summed E-state index contributed by atoms with van der Waals surface area (Å²) < 4.78 is 5.26. The van der Waals surface area contributed by atoms with Gasteiger partial charge in [0.2, 0.25) is 0 Å². The zero-order valence-electron chi connectivity index (χ0n) is 11.2. The highest BCUT2D eigenvalue weighted by Gasteiger charge is 2.13. The van der Waals surface area contributed by atoms with E-state index < -0.39 is 0 Å². The van der Waals surface area contributed by atoms with Crippen molar-refractivity contribution in [3.63, 3.8) is 0 Å². The van der Waals surface area contributed by atoms with Crippen LogP contribution >= 0.6 is 0 Å². The summed E-state index contributed by atoms with van der Waals surface area (Å²) in [5.74, 6) is 0.956. The minimum Gasteiger partial charge on any atom is -0.508 e. The zero-order chi connectivity index (χ0) is 13.8. The molecule has 0 amide bonds. The highest BCUT2D eigenvalue weighted by atomic mass is 16.3. The third-order valence-electron chi connectivity index (χ3n) is 3.30. The third kappa shape index (κ3) is 3.16. The molecule has 0 fully saturated rings. The second kappa shape index (κ2) is 5.91. The van der Waals surface area contributed by atoms with Crippen molar-refractivity contribution < 1.29 is 14.6 Å². The number of aliphatic hydroxyl groups excluding tert-OH is 1. The zero-order valence-corrected chi connectivity index (χ0v) is 11.2. The number of aryl methyl sites for hydroxylation is 2. The maximum atomic E-state index is 9.91. The van der Waals surface area contributed by atoms with E-state index in [-0.39, 0.29) is 18.4 Å². The molecule has 0 saturated heterocycles. The number of nitrogens with one attached hydrogen (secondary N) is 1. The van der Waals surface area contributed by atoms with Gasteiger partial charge in [0, 0.05) is 12.1 Å². The fraction of sp³-hybridized carbons (Fsp3) is 0.333. The van der Waals surface area contributed by atoms with Crippen LogP contribution in [-0.2, 0) is 6.54 Å². The summed E-state index contributed by atoms with van der Waals surface area (Å²) in [4.78, 5) is 0. The molecule has 0 saturated carbocycles. The highest BCUT2D eigenvalue weighted by Crippen LogP contribution is 2.23. The van der Waals surface area contributed by atoms with Crippen molar-refractivity contribution in [1.29, 1.82) is 0 Å². The Labute approximate surface area is 112 Å². The Bertz CT molecular complexity index is 535. The summed E-state index contributed by atoms with van der Waals surface area (Å²) in [6.07, 6.45) is 1.58. The molecule has 0 aliphatic rings. The van der Waals surface area contributed by atoms with Gasteiger partial charge in [-0.3, -0.25) is 0 Å². The third-order valence-corrected chi connectivity index (χ3v) is 3.30. The summed E-state index contributed by atoms with van der Waals surface area (Å²) in [5, 5.41) is 22.4. The molecule has 3 N–H and O–H groups in total. The summed E-state index contributed by atoms with van der Waals surface area (Å²) in [6.45, 7) is 4.39. The monoisotopic (exact) mass is 261 g/mol. The number of rotatable bonds is 5. The van der Waals surface area contributed by atoms with Crippen molar-refractivity contribution in [3.05, 3.63) is 53.0 Å². The topological polar surface area (TPSA) is 65.6 Å². The minimum absolute atomic E-state index is 0.0564. The summed E-state index contributed by atoms with van der Waals surface area (Å²) in [5.41, 5.74) is 3.01. The van der Waals surface area contributed by atoms with Crippen LogP contribution in [0, 0.1) is 13.8 Å². The van der Waals surface area contributed by atoms with Gasteiger partial charge in [-0.15, -0.1) is 0 Å². The van der Waals surface area contributed by atoms with E-state index in [1.807, 2.05) is 26.0 Å². The lowest BCUT2D eigenvalue weighted by molar-refractivity contribution is 0.225. The van der Waals surface area contributed by atoms with E-state index in [4.69, 9.17) is 4.42 Å². The molecule has 19 heavy (non-hydrogen) atoms. The van der Waals surface area contributed by atoms with Crippen LogP contribution in [0.1, 0.15) is 28.5 Å². The fourth-order valence-electron chi connectivity index (χ4n) is 1.98. The predicted octanol–water partition coefficient (Wildman–Crippen LogP) is 2.43.